The molecular formula is C14H22FN3. The van der Waals surface area contributed by atoms with Gasteiger partial charge in [-0.3, -0.25) is 0 Å². The van der Waals surface area contributed by atoms with E-state index in [1.807, 2.05) is 12.1 Å². The standard InChI is InChI=1S/C14H22FN3/c1-3-16-11-12-4-5-14(13(15)10-12)18-8-6-17(2)7-9-18/h4-5,10,16H,3,6-9,11H2,1-2H3. The first kappa shape index (κ1) is 13.3. The highest BCUT2D eigenvalue weighted by Gasteiger charge is 2.17. The van der Waals surface area contributed by atoms with Crippen LogP contribution in [0.4, 0.5) is 10.1 Å². The first-order valence-electron chi connectivity index (χ1n) is 6.63. The summed E-state index contributed by atoms with van der Waals surface area (Å²) in [5.74, 6) is -0.102. The highest BCUT2D eigenvalue weighted by Crippen LogP contribution is 2.21. The van der Waals surface area contributed by atoms with E-state index >= 15 is 0 Å². The zero-order valence-corrected chi connectivity index (χ0v) is 11.2. The Bertz CT molecular complexity index is 387. The first-order valence-corrected chi connectivity index (χ1v) is 6.63. The summed E-state index contributed by atoms with van der Waals surface area (Å²) in [5.41, 5.74) is 1.75. The monoisotopic (exact) mass is 251 g/mol. The fraction of sp³-hybridized carbons (Fsp3) is 0.571. The van der Waals surface area contributed by atoms with Gasteiger partial charge in [-0.1, -0.05) is 13.0 Å². The summed E-state index contributed by atoms with van der Waals surface area (Å²) in [6, 6.07) is 5.57. The molecule has 1 aromatic rings. The van der Waals surface area contributed by atoms with Crippen LogP contribution in [-0.4, -0.2) is 44.7 Å². The normalized spacial score (nSPS) is 17.2. The van der Waals surface area contributed by atoms with E-state index in [-0.39, 0.29) is 5.82 Å². The molecule has 1 aromatic carbocycles. The molecule has 0 atom stereocenters. The van der Waals surface area contributed by atoms with E-state index in [0.29, 0.717) is 0 Å². The van der Waals surface area contributed by atoms with Crippen molar-refractivity contribution in [3.63, 3.8) is 0 Å². The van der Waals surface area contributed by atoms with Crippen LogP contribution in [0.25, 0.3) is 0 Å². The molecule has 0 aromatic heterocycles. The van der Waals surface area contributed by atoms with Gasteiger partial charge in [0.25, 0.3) is 0 Å². The van der Waals surface area contributed by atoms with Crippen LogP contribution < -0.4 is 10.2 Å². The van der Waals surface area contributed by atoms with Crippen molar-refractivity contribution in [1.82, 2.24) is 10.2 Å². The minimum absolute atomic E-state index is 0.102. The topological polar surface area (TPSA) is 18.5 Å². The molecule has 3 nitrogen and oxygen atoms in total. The number of nitrogens with zero attached hydrogens (tertiary/aromatic N) is 2. The number of hydrogen-bond donors (Lipinski definition) is 1. The van der Waals surface area contributed by atoms with Crippen molar-refractivity contribution in [2.24, 2.45) is 0 Å². The van der Waals surface area contributed by atoms with E-state index in [1.54, 1.807) is 6.07 Å². The van der Waals surface area contributed by atoms with Gasteiger partial charge in [0.15, 0.2) is 0 Å². The third kappa shape index (κ3) is 3.21. The number of likely N-dealkylation sites (N-methyl/N-ethyl adjacent to an activating group) is 1. The van der Waals surface area contributed by atoms with Gasteiger partial charge in [-0.25, -0.2) is 4.39 Å². The SMILES string of the molecule is CCNCc1ccc(N2CCN(C)CC2)c(F)c1. The smallest absolute Gasteiger partial charge is 0.146 e. The van der Waals surface area contributed by atoms with Gasteiger partial charge in [0, 0.05) is 32.7 Å². The highest BCUT2D eigenvalue weighted by atomic mass is 19.1. The van der Waals surface area contributed by atoms with Crippen molar-refractivity contribution in [2.75, 3.05) is 44.7 Å². The minimum atomic E-state index is -0.102. The van der Waals surface area contributed by atoms with Crippen LogP contribution in [0, 0.1) is 5.82 Å². The molecule has 1 aliphatic rings. The van der Waals surface area contributed by atoms with Gasteiger partial charge >= 0.3 is 0 Å². The number of rotatable bonds is 4. The van der Waals surface area contributed by atoms with E-state index in [4.69, 9.17) is 0 Å². The molecule has 4 heteroatoms. The molecule has 0 spiro atoms. The van der Waals surface area contributed by atoms with Crippen LogP contribution in [0.5, 0.6) is 0 Å². The maximum Gasteiger partial charge on any atom is 0.146 e. The Kier molecular flexibility index (Phi) is 4.55. The quantitative estimate of drug-likeness (QED) is 0.878. The number of piperazine rings is 1. The maximum absolute atomic E-state index is 14.1. The Morgan fingerprint density at radius 3 is 2.56 bits per heavy atom. The summed E-state index contributed by atoms with van der Waals surface area (Å²) >= 11 is 0. The van der Waals surface area contributed by atoms with Crippen molar-refractivity contribution in [1.29, 1.82) is 0 Å². The van der Waals surface area contributed by atoms with Gasteiger partial charge < -0.3 is 15.1 Å². The highest BCUT2D eigenvalue weighted by molar-refractivity contribution is 5.49. The van der Waals surface area contributed by atoms with Gasteiger partial charge in [-0.05, 0) is 31.3 Å². The summed E-state index contributed by atoms with van der Waals surface area (Å²) < 4.78 is 14.1. The number of nitrogens with one attached hydrogen (secondary N) is 1. The van der Waals surface area contributed by atoms with Crippen LogP contribution in [0.15, 0.2) is 18.2 Å². The van der Waals surface area contributed by atoms with Crippen molar-refractivity contribution < 1.29 is 4.39 Å². The number of hydrogen-bond acceptors (Lipinski definition) is 3. The second kappa shape index (κ2) is 6.16. The van der Waals surface area contributed by atoms with Gasteiger partial charge in [-0.15, -0.1) is 0 Å². The van der Waals surface area contributed by atoms with Gasteiger partial charge in [0.1, 0.15) is 5.82 Å². The first-order chi connectivity index (χ1) is 8.70. The summed E-state index contributed by atoms with van der Waals surface area (Å²) in [4.78, 5) is 4.40. The molecule has 1 fully saturated rings. The Morgan fingerprint density at radius 1 is 1.22 bits per heavy atom. The second-order valence-corrected chi connectivity index (χ2v) is 4.86. The van der Waals surface area contributed by atoms with Crippen LogP contribution in [0.1, 0.15) is 12.5 Å². The lowest BCUT2D eigenvalue weighted by molar-refractivity contribution is 0.311. The summed E-state index contributed by atoms with van der Waals surface area (Å²) in [6.07, 6.45) is 0. The fourth-order valence-electron chi connectivity index (χ4n) is 2.23. The van der Waals surface area contributed by atoms with Crippen LogP contribution in [-0.2, 0) is 6.54 Å². The molecule has 0 bridgehead atoms. The number of anilines is 1. The Labute approximate surface area is 109 Å². The molecule has 2 rings (SSSR count). The molecular weight excluding hydrogens is 229 g/mol. The average molecular weight is 251 g/mol. The molecule has 1 aliphatic heterocycles. The zero-order valence-electron chi connectivity index (χ0n) is 11.2. The van der Waals surface area contributed by atoms with E-state index < -0.39 is 0 Å². The third-order valence-electron chi connectivity index (χ3n) is 3.44. The lowest BCUT2D eigenvalue weighted by Gasteiger charge is -2.34. The number of benzene rings is 1. The van der Waals surface area contributed by atoms with Gasteiger partial charge in [-0.2, -0.15) is 0 Å². The number of halogens is 1. The largest absolute Gasteiger partial charge is 0.367 e. The minimum Gasteiger partial charge on any atom is -0.367 e. The Hall–Kier alpha value is -1.13. The van der Waals surface area contributed by atoms with E-state index in [0.717, 1.165) is 50.5 Å². The molecule has 0 saturated carbocycles. The molecule has 1 saturated heterocycles. The zero-order chi connectivity index (χ0) is 13.0. The molecule has 100 valence electrons. The van der Waals surface area contributed by atoms with Crippen LogP contribution in [0.3, 0.4) is 0 Å². The fourth-order valence-corrected chi connectivity index (χ4v) is 2.23. The van der Waals surface area contributed by atoms with E-state index in [9.17, 15) is 4.39 Å². The molecule has 0 unspecified atom stereocenters. The predicted molar refractivity (Wildman–Crippen MR) is 73.5 cm³/mol. The molecule has 0 radical (unpaired) electrons. The second-order valence-electron chi connectivity index (χ2n) is 4.86. The van der Waals surface area contributed by atoms with Gasteiger partial charge in [0.2, 0.25) is 0 Å². The lowest BCUT2D eigenvalue weighted by Crippen LogP contribution is -2.44. The third-order valence-corrected chi connectivity index (χ3v) is 3.44. The molecule has 18 heavy (non-hydrogen) atoms. The Morgan fingerprint density at radius 2 is 1.94 bits per heavy atom. The summed E-state index contributed by atoms with van der Waals surface area (Å²) in [7, 11) is 2.10. The van der Waals surface area contributed by atoms with Crippen molar-refractivity contribution in [3.8, 4) is 0 Å². The summed E-state index contributed by atoms with van der Waals surface area (Å²) in [5, 5.41) is 3.21. The lowest BCUT2D eigenvalue weighted by atomic mass is 10.1. The molecule has 0 amide bonds. The predicted octanol–water partition coefficient (Wildman–Crippen LogP) is 1.69. The van der Waals surface area contributed by atoms with Crippen molar-refractivity contribution in [3.05, 3.63) is 29.6 Å². The molecule has 1 heterocycles. The van der Waals surface area contributed by atoms with Gasteiger partial charge in [0.05, 0.1) is 5.69 Å². The molecule has 0 aliphatic carbocycles. The molecule has 1 N–H and O–H groups in total. The van der Waals surface area contributed by atoms with Crippen LogP contribution >= 0.6 is 0 Å². The Balaban J connectivity index is 2.05. The van der Waals surface area contributed by atoms with Crippen molar-refractivity contribution in [2.45, 2.75) is 13.5 Å². The van der Waals surface area contributed by atoms with E-state index in [1.165, 1.54) is 0 Å². The van der Waals surface area contributed by atoms with E-state index in [2.05, 4.69) is 29.1 Å². The maximum atomic E-state index is 14.1. The average Bonchev–Trinajstić information content (AvgIpc) is 2.38. The van der Waals surface area contributed by atoms with Crippen LogP contribution in [0.2, 0.25) is 0 Å². The summed E-state index contributed by atoms with van der Waals surface area (Å²) in [6.45, 7) is 7.49. The van der Waals surface area contributed by atoms with Crippen molar-refractivity contribution >= 4 is 5.69 Å².